The lowest BCUT2D eigenvalue weighted by Crippen LogP contribution is -2.02. The maximum Gasteiger partial charge on any atom is 0.338 e. The van der Waals surface area contributed by atoms with E-state index in [1.165, 1.54) is 18.2 Å². The molecular formula is C14H11FN2O4. The van der Waals surface area contributed by atoms with Gasteiger partial charge in [-0.2, -0.15) is 0 Å². The quantitative estimate of drug-likeness (QED) is 0.664. The van der Waals surface area contributed by atoms with Crippen LogP contribution in [0.4, 0.5) is 21.5 Å². The zero-order chi connectivity index (χ0) is 15.6. The number of nitrogens with one attached hydrogen (secondary N) is 1. The van der Waals surface area contributed by atoms with Crippen molar-refractivity contribution in [2.24, 2.45) is 0 Å². The number of hydrogen-bond donors (Lipinski definition) is 2. The largest absolute Gasteiger partial charge is 0.478 e. The zero-order valence-corrected chi connectivity index (χ0v) is 11.0. The average molecular weight is 290 g/mol. The van der Waals surface area contributed by atoms with Crippen molar-refractivity contribution >= 4 is 23.0 Å². The first-order valence-electron chi connectivity index (χ1n) is 5.93. The maximum absolute atomic E-state index is 13.6. The normalized spacial score (nSPS) is 10.2. The van der Waals surface area contributed by atoms with Gasteiger partial charge in [0.25, 0.3) is 5.69 Å². The maximum atomic E-state index is 13.6. The molecule has 2 aromatic carbocycles. The Morgan fingerprint density at radius 2 is 2.00 bits per heavy atom. The van der Waals surface area contributed by atoms with Crippen LogP contribution in [-0.4, -0.2) is 16.0 Å². The van der Waals surface area contributed by atoms with Crippen LogP contribution in [0.15, 0.2) is 36.4 Å². The summed E-state index contributed by atoms with van der Waals surface area (Å²) in [6.07, 6.45) is 0. The zero-order valence-electron chi connectivity index (χ0n) is 11.0. The predicted molar refractivity (Wildman–Crippen MR) is 74.5 cm³/mol. The van der Waals surface area contributed by atoms with E-state index < -0.39 is 22.3 Å². The Balaban J connectivity index is 2.37. The number of benzene rings is 2. The average Bonchev–Trinajstić information content (AvgIpc) is 2.40. The molecular weight excluding hydrogens is 279 g/mol. The molecule has 0 fully saturated rings. The Bertz CT molecular complexity index is 731. The smallest absolute Gasteiger partial charge is 0.338 e. The van der Waals surface area contributed by atoms with Gasteiger partial charge in [-0.25, -0.2) is 9.18 Å². The molecule has 6 nitrogen and oxygen atoms in total. The first-order valence-corrected chi connectivity index (χ1v) is 5.93. The molecule has 0 aliphatic heterocycles. The van der Waals surface area contributed by atoms with Gasteiger partial charge in [0.2, 0.25) is 0 Å². The van der Waals surface area contributed by atoms with Gasteiger partial charge in [0.15, 0.2) is 0 Å². The Labute approximate surface area is 119 Å². The van der Waals surface area contributed by atoms with Crippen molar-refractivity contribution < 1.29 is 19.2 Å². The summed E-state index contributed by atoms with van der Waals surface area (Å²) in [5, 5.41) is 22.4. The molecule has 108 valence electrons. The van der Waals surface area contributed by atoms with Crippen molar-refractivity contribution in [1.29, 1.82) is 0 Å². The molecule has 0 saturated carbocycles. The van der Waals surface area contributed by atoms with Gasteiger partial charge in [0.05, 0.1) is 10.5 Å². The van der Waals surface area contributed by atoms with Gasteiger partial charge in [-0.3, -0.25) is 10.1 Å². The molecule has 0 aliphatic rings. The van der Waals surface area contributed by atoms with Gasteiger partial charge in [-0.1, -0.05) is 6.07 Å². The van der Waals surface area contributed by atoms with Crippen LogP contribution in [0, 0.1) is 22.9 Å². The molecule has 0 bridgehead atoms. The number of carboxylic acid groups (broad SMARTS) is 1. The van der Waals surface area contributed by atoms with Crippen molar-refractivity contribution in [3.63, 3.8) is 0 Å². The molecule has 21 heavy (non-hydrogen) atoms. The number of hydrogen-bond acceptors (Lipinski definition) is 4. The van der Waals surface area contributed by atoms with Crippen LogP contribution in [0.5, 0.6) is 0 Å². The summed E-state index contributed by atoms with van der Waals surface area (Å²) >= 11 is 0. The fraction of sp³-hybridized carbons (Fsp3) is 0.0714. The third-order valence-corrected chi connectivity index (χ3v) is 2.83. The van der Waals surface area contributed by atoms with E-state index in [0.29, 0.717) is 0 Å². The van der Waals surface area contributed by atoms with Gasteiger partial charge in [0.1, 0.15) is 11.5 Å². The minimum Gasteiger partial charge on any atom is -0.478 e. The van der Waals surface area contributed by atoms with E-state index in [-0.39, 0.29) is 17.1 Å². The monoisotopic (exact) mass is 290 g/mol. The predicted octanol–water partition coefficient (Wildman–Crippen LogP) is 3.48. The molecule has 2 rings (SSSR count). The molecule has 0 unspecified atom stereocenters. The highest BCUT2D eigenvalue weighted by molar-refractivity contribution is 5.88. The molecule has 0 saturated heterocycles. The van der Waals surface area contributed by atoms with Crippen molar-refractivity contribution in [3.05, 3.63) is 63.5 Å². The van der Waals surface area contributed by atoms with Crippen molar-refractivity contribution in [1.82, 2.24) is 0 Å². The van der Waals surface area contributed by atoms with Crippen LogP contribution < -0.4 is 5.32 Å². The molecule has 0 aromatic heterocycles. The van der Waals surface area contributed by atoms with Crippen molar-refractivity contribution in [3.8, 4) is 0 Å². The number of nitro benzene ring substituents is 1. The molecule has 0 aliphatic carbocycles. The summed E-state index contributed by atoms with van der Waals surface area (Å²) in [5.41, 5.74) is 0.550. The summed E-state index contributed by atoms with van der Waals surface area (Å²) < 4.78 is 13.6. The van der Waals surface area contributed by atoms with Crippen LogP contribution in [0.1, 0.15) is 15.9 Å². The molecule has 0 atom stereocenters. The van der Waals surface area contributed by atoms with Crippen LogP contribution >= 0.6 is 0 Å². The number of nitrogens with zero attached hydrogens (tertiary/aromatic N) is 1. The molecule has 0 spiro atoms. The van der Waals surface area contributed by atoms with Gasteiger partial charge in [0, 0.05) is 11.8 Å². The van der Waals surface area contributed by atoms with Gasteiger partial charge in [-0.05, 0) is 36.8 Å². The number of rotatable bonds is 4. The molecule has 0 radical (unpaired) electrons. The minimum atomic E-state index is -1.37. The second kappa shape index (κ2) is 5.58. The van der Waals surface area contributed by atoms with Gasteiger partial charge >= 0.3 is 5.97 Å². The summed E-state index contributed by atoms with van der Waals surface area (Å²) in [5.74, 6) is -2.29. The number of aromatic carboxylic acids is 1. The number of anilines is 2. The fourth-order valence-electron chi connectivity index (χ4n) is 1.82. The standard InChI is InChI=1S/C14H11FN2O4/c1-8-2-5-12(13(6-8)17(20)21)16-9-3-4-10(14(18)19)11(15)7-9/h2-7,16H,1H3,(H,18,19). The first kappa shape index (κ1) is 14.4. The van der Waals surface area contributed by atoms with Crippen LogP contribution in [0.3, 0.4) is 0 Å². The molecule has 2 aromatic rings. The molecule has 0 amide bonds. The number of aryl methyl sites for hydroxylation is 1. The fourth-order valence-corrected chi connectivity index (χ4v) is 1.82. The van der Waals surface area contributed by atoms with E-state index in [1.807, 2.05) is 0 Å². The molecule has 2 N–H and O–H groups in total. The summed E-state index contributed by atoms with van der Waals surface area (Å²) in [6, 6.07) is 8.00. The Kier molecular flexibility index (Phi) is 3.84. The second-order valence-corrected chi connectivity index (χ2v) is 4.40. The van der Waals surface area contributed by atoms with E-state index in [1.54, 1.807) is 13.0 Å². The highest BCUT2D eigenvalue weighted by Crippen LogP contribution is 2.29. The first-order chi connectivity index (χ1) is 9.88. The minimum absolute atomic E-state index is 0.141. The van der Waals surface area contributed by atoms with Crippen molar-refractivity contribution in [2.45, 2.75) is 6.92 Å². The summed E-state index contributed by atoms with van der Waals surface area (Å²) in [7, 11) is 0. The molecule has 7 heteroatoms. The Morgan fingerprint density at radius 3 is 2.57 bits per heavy atom. The SMILES string of the molecule is Cc1ccc(Nc2ccc(C(=O)O)c(F)c2)c([N+](=O)[O-])c1. The van der Waals surface area contributed by atoms with Gasteiger partial charge in [-0.15, -0.1) is 0 Å². The lowest BCUT2D eigenvalue weighted by molar-refractivity contribution is -0.384. The third-order valence-electron chi connectivity index (χ3n) is 2.83. The topological polar surface area (TPSA) is 92.5 Å². The molecule has 0 heterocycles. The van der Waals surface area contributed by atoms with E-state index in [4.69, 9.17) is 5.11 Å². The van der Waals surface area contributed by atoms with Crippen LogP contribution in [0.25, 0.3) is 0 Å². The van der Waals surface area contributed by atoms with Crippen molar-refractivity contribution in [2.75, 3.05) is 5.32 Å². The third kappa shape index (κ3) is 3.14. The second-order valence-electron chi connectivity index (χ2n) is 4.40. The van der Waals surface area contributed by atoms with Crippen LogP contribution in [-0.2, 0) is 0 Å². The summed E-state index contributed by atoms with van der Waals surface area (Å²) in [6.45, 7) is 1.72. The Morgan fingerprint density at radius 1 is 1.29 bits per heavy atom. The highest BCUT2D eigenvalue weighted by atomic mass is 19.1. The van der Waals surface area contributed by atoms with E-state index >= 15 is 0 Å². The number of carbonyl (C=O) groups is 1. The lowest BCUT2D eigenvalue weighted by atomic mass is 10.1. The lowest BCUT2D eigenvalue weighted by Gasteiger charge is -2.08. The highest BCUT2D eigenvalue weighted by Gasteiger charge is 2.15. The number of halogens is 1. The number of nitro groups is 1. The van der Waals surface area contributed by atoms with Crippen LogP contribution in [0.2, 0.25) is 0 Å². The van der Waals surface area contributed by atoms with E-state index in [9.17, 15) is 19.3 Å². The Hall–Kier alpha value is -2.96. The van der Waals surface area contributed by atoms with E-state index in [2.05, 4.69) is 5.32 Å². The van der Waals surface area contributed by atoms with E-state index in [0.717, 1.165) is 17.7 Å². The van der Waals surface area contributed by atoms with Gasteiger partial charge < -0.3 is 10.4 Å². The number of carboxylic acids is 1. The summed E-state index contributed by atoms with van der Waals surface area (Å²) in [4.78, 5) is 21.2.